The van der Waals surface area contributed by atoms with Crippen molar-refractivity contribution in [2.24, 2.45) is 5.41 Å². The maximum atomic E-state index is 14.0. The Balaban J connectivity index is 1.59. The number of anilines is 1. The lowest BCUT2D eigenvalue weighted by atomic mass is 9.67. The maximum absolute atomic E-state index is 14.0. The molecular weight excluding hydrogens is 376 g/mol. The summed E-state index contributed by atoms with van der Waals surface area (Å²) in [6.07, 6.45) is 8.28. The van der Waals surface area contributed by atoms with E-state index in [4.69, 9.17) is 0 Å². The molecule has 2 aromatic rings. The van der Waals surface area contributed by atoms with Crippen LogP contribution in [0.3, 0.4) is 0 Å². The summed E-state index contributed by atoms with van der Waals surface area (Å²) in [7, 11) is 0. The van der Waals surface area contributed by atoms with Crippen LogP contribution in [-0.4, -0.2) is 38.8 Å². The summed E-state index contributed by atoms with van der Waals surface area (Å²) in [6.45, 7) is 4.06. The van der Waals surface area contributed by atoms with Crippen LogP contribution in [0.1, 0.15) is 57.2 Å². The number of nitrogens with one attached hydrogen (secondary N) is 1. The third kappa shape index (κ3) is 3.84. The first-order valence-corrected chi connectivity index (χ1v) is 10.4. The number of nitrogens with zero attached hydrogens (tertiary/aromatic N) is 4. The molecule has 1 atom stereocenters. The zero-order chi connectivity index (χ0) is 20.4. The van der Waals surface area contributed by atoms with E-state index in [1.54, 1.807) is 11.2 Å². The van der Waals surface area contributed by atoms with E-state index >= 15 is 0 Å². The zero-order valence-electron chi connectivity index (χ0n) is 16.7. The number of aryl methyl sites for hydroxylation is 1. The molecule has 0 bridgehead atoms. The Morgan fingerprint density at radius 3 is 2.83 bits per heavy atom. The Morgan fingerprint density at radius 1 is 1.28 bits per heavy atom. The van der Waals surface area contributed by atoms with Gasteiger partial charge in [-0.1, -0.05) is 26.2 Å². The van der Waals surface area contributed by atoms with Gasteiger partial charge >= 0.3 is 6.03 Å². The number of amides is 2. The van der Waals surface area contributed by atoms with Crippen molar-refractivity contribution in [3.05, 3.63) is 42.0 Å². The number of likely N-dealkylation sites (tertiary alicyclic amines) is 1. The fourth-order valence-corrected chi connectivity index (χ4v) is 4.98. The second-order valence-corrected chi connectivity index (χ2v) is 8.29. The highest BCUT2D eigenvalue weighted by Crippen LogP contribution is 2.51. The summed E-state index contributed by atoms with van der Waals surface area (Å²) in [5.41, 5.74) is -0.167. The lowest BCUT2D eigenvalue weighted by Gasteiger charge is -2.37. The molecule has 1 aromatic heterocycles. The molecule has 1 aromatic carbocycles. The Hall–Kier alpha value is -2.51. The molecule has 1 spiro atoms. The van der Waals surface area contributed by atoms with Gasteiger partial charge in [-0.3, -0.25) is 0 Å². The van der Waals surface area contributed by atoms with Crippen molar-refractivity contribution in [2.45, 2.75) is 57.9 Å². The molecule has 29 heavy (non-hydrogen) atoms. The van der Waals surface area contributed by atoms with Gasteiger partial charge in [0, 0.05) is 31.6 Å². The molecule has 2 fully saturated rings. The van der Waals surface area contributed by atoms with Crippen LogP contribution in [0.15, 0.2) is 24.5 Å². The molecule has 8 heteroatoms. The van der Waals surface area contributed by atoms with Crippen molar-refractivity contribution in [1.82, 2.24) is 19.7 Å². The Kier molecular flexibility index (Phi) is 5.52. The van der Waals surface area contributed by atoms with Crippen LogP contribution < -0.4 is 5.32 Å². The van der Waals surface area contributed by atoms with Gasteiger partial charge in [-0.15, -0.1) is 10.2 Å². The standard InChI is InChI=1S/C21H27F2N5O/c1-2-10-27-14-24-26-19(27)16-12-28(13-21(16)8-4-3-5-9-21)20(29)25-18-11-15(22)6-7-17(18)23/h6-7,11,14,16H,2-5,8-10,12-13H2,1H3,(H,25,29). The highest BCUT2D eigenvalue weighted by atomic mass is 19.1. The number of hydrogen-bond donors (Lipinski definition) is 1. The normalized spacial score (nSPS) is 20.9. The predicted molar refractivity (Wildman–Crippen MR) is 106 cm³/mol. The monoisotopic (exact) mass is 403 g/mol. The molecule has 0 radical (unpaired) electrons. The first-order valence-electron chi connectivity index (χ1n) is 10.4. The van der Waals surface area contributed by atoms with E-state index in [0.717, 1.165) is 62.7 Å². The molecule has 1 N–H and O–H groups in total. The van der Waals surface area contributed by atoms with Crippen LogP contribution in [0, 0.1) is 17.0 Å². The van der Waals surface area contributed by atoms with E-state index < -0.39 is 17.7 Å². The quantitative estimate of drug-likeness (QED) is 0.815. The molecule has 1 aliphatic heterocycles. The van der Waals surface area contributed by atoms with Crippen LogP contribution in [0.4, 0.5) is 19.3 Å². The van der Waals surface area contributed by atoms with E-state index in [1.807, 2.05) is 0 Å². The minimum atomic E-state index is -0.648. The second kappa shape index (κ2) is 8.08. The number of rotatable bonds is 4. The van der Waals surface area contributed by atoms with Crippen molar-refractivity contribution in [3.63, 3.8) is 0 Å². The van der Waals surface area contributed by atoms with Crippen LogP contribution in [0.5, 0.6) is 0 Å². The summed E-state index contributed by atoms with van der Waals surface area (Å²) in [4.78, 5) is 14.6. The molecule has 4 rings (SSSR count). The topological polar surface area (TPSA) is 63.1 Å². The summed E-state index contributed by atoms with van der Waals surface area (Å²) in [5, 5.41) is 11.1. The number of benzene rings is 1. The Morgan fingerprint density at radius 2 is 2.07 bits per heavy atom. The molecule has 1 saturated heterocycles. The van der Waals surface area contributed by atoms with Gasteiger partial charge in [-0.2, -0.15) is 0 Å². The van der Waals surface area contributed by atoms with E-state index in [2.05, 4.69) is 27.0 Å². The molecule has 1 unspecified atom stereocenters. The van der Waals surface area contributed by atoms with E-state index in [0.29, 0.717) is 13.1 Å². The lowest BCUT2D eigenvalue weighted by molar-refractivity contribution is 0.167. The molecule has 1 aliphatic carbocycles. The van der Waals surface area contributed by atoms with Crippen LogP contribution in [0.2, 0.25) is 0 Å². The minimum Gasteiger partial charge on any atom is -0.323 e. The average molecular weight is 403 g/mol. The number of carbonyl (C=O) groups is 1. The maximum Gasteiger partial charge on any atom is 0.321 e. The van der Waals surface area contributed by atoms with Gasteiger partial charge in [0.2, 0.25) is 0 Å². The van der Waals surface area contributed by atoms with Crippen molar-refractivity contribution in [3.8, 4) is 0 Å². The molecule has 1 saturated carbocycles. The van der Waals surface area contributed by atoms with Crippen molar-refractivity contribution in [1.29, 1.82) is 0 Å². The molecular formula is C21H27F2N5O. The van der Waals surface area contributed by atoms with Gasteiger partial charge in [0.1, 0.15) is 23.8 Å². The van der Waals surface area contributed by atoms with E-state index in [1.165, 1.54) is 6.42 Å². The second-order valence-electron chi connectivity index (χ2n) is 8.29. The van der Waals surface area contributed by atoms with Gasteiger partial charge in [0.25, 0.3) is 0 Å². The molecule has 6 nitrogen and oxygen atoms in total. The number of halogens is 2. The van der Waals surface area contributed by atoms with Crippen molar-refractivity contribution >= 4 is 11.7 Å². The fraction of sp³-hybridized carbons (Fsp3) is 0.571. The SMILES string of the molecule is CCCn1cnnc1C1CN(C(=O)Nc2cc(F)ccc2F)CC12CCCCC2. The highest BCUT2D eigenvalue weighted by Gasteiger charge is 2.50. The van der Waals surface area contributed by atoms with Crippen molar-refractivity contribution in [2.75, 3.05) is 18.4 Å². The van der Waals surface area contributed by atoms with Gasteiger partial charge in [-0.05, 0) is 36.8 Å². The molecule has 2 aliphatic rings. The smallest absolute Gasteiger partial charge is 0.321 e. The highest BCUT2D eigenvalue weighted by molar-refractivity contribution is 5.89. The van der Waals surface area contributed by atoms with Crippen LogP contribution in [0.25, 0.3) is 0 Å². The average Bonchev–Trinajstić information content (AvgIpc) is 3.30. The molecule has 156 valence electrons. The van der Waals surface area contributed by atoms with Gasteiger partial charge in [0.15, 0.2) is 0 Å². The number of aromatic nitrogens is 3. The molecule has 2 amide bonds. The minimum absolute atomic E-state index is 0.0331. The summed E-state index contributed by atoms with van der Waals surface area (Å²) < 4.78 is 29.5. The van der Waals surface area contributed by atoms with Crippen LogP contribution >= 0.6 is 0 Å². The van der Waals surface area contributed by atoms with Gasteiger partial charge in [0.05, 0.1) is 5.69 Å². The third-order valence-electron chi connectivity index (χ3n) is 6.38. The van der Waals surface area contributed by atoms with Gasteiger partial charge < -0.3 is 14.8 Å². The predicted octanol–water partition coefficient (Wildman–Crippen LogP) is 4.55. The Bertz CT molecular complexity index is 878. The lowest BCUT2D eigenvalue weighted by Crippen LogP contribution is -2.36. The van der Waals surface area contributed by atoms with E-state index in [-0.39, 0.29) is 17.0 Å². The fourth-order valence-electron chi connectivity index (χ4n) is 4.98. The largest absolute Gasteiger partial charge is 0.323 e. The number of carbonyl (C=O) groups excluding carboxylic acids is 1. The first kappa shape index (κ1) is 19.8. The Labute approximate surface area is 169 Å². The summed E-state index contributed by atoms with van der Waals surface area (Å²) in [5.74, 6) is -0.205. The first-order chi connectivity index (χ1) is 14.0. The zero-order valence-corrected chi connectivity index (χ0v) is 16.7. The van der Waals surface area contributed by atoms with Gasteiger partial charge in [-0.25, -0.2) is 13.6 Å². The summed E-state index contributed by atoms with van der Waals surface area (Å²) >= 11 is 0. The van der Waals surface area contributed by atoms with E-state index in [9.17, 15) is 13.6 Å². The van der Waals surface area contributed by atoms with Crippen LogP contribution in [-0.2, 0) is 6.54 Å². The third-order valence-corrected chi connectivity index (χ3v) is 6.38. The number of hydrogen-bond acceptors (Lipinski definition) is 3. The molecule has 2 heterocycles. The van der Waals surface area contributed by atoms with Crippen molar-refractivity contribution < 1.29 is 13.6 Å². The number of urea groups is 1. The summed E-state index contributed by atoms with van der Waals surface area (Å²) in [6, 6.07) is 2.67.